The molecule has 1 aromatic rings. The first-order chi connectivity index (χ1) is 6.57. The normalized spacial score (nSPS) is 9.86. The third kappa shape index (κ3) is 2.05. The van der Waals surface area contributed by atoms with Gasteiger partial charge in [0.05, 0.1) is 10.2 Å². The van der Waals surface area contributed by atoms with Crippen molar-refractivity contribution in [2.45, 2.75) is 26.8 Å². The van der Waals surface area contributed by atoms with Crippen molar-refractivity contribution in [3.05, 3.63) is 26.3 Å². The summed E-state index contributed by atoms with van der Waals surface area (Å²) >= 11 is 3.38. The smallest absolute Gasteiger partial charge is 0.294 e. The summed E-state index contributed by atoms with van der Waals surface area (Å²) in [5.74, 6) is 2.50. The Morgan fingerprint density at radius 2 is 2.21 bits per heavy atom. The van der Waals surface area contributed by atoms with Gasteiger partial charge in [-0.15, -0.1) is 12.3 Å². The molecule has 0 amide bonds. The number of halogens is 1. The predicted octanol–water partition coefficient (Wildman–Crippen LogP) is 1.65. The van der Waals surface area contributed by atoms with E-state index in [0.29, 0.717) is 18.7 Å². The van der Waals surface area contributed by atoms with Crippen LogP contribution in [0.5, 0.6) is 0 Å². The summed E-state index contributed by atoms with van der Waals surface area (Å²) in [5.41, 5.74) is 1.35. The summed E-state index contributed by atoms with van der Waals surface area (Å²) < 4.78 is 2.45. The second-order valence-corrected chi connectivity index (χ2v) is 3.78. The number of terminal acetylenes is 1. The summed E-state index contributed by atoms with van der Waals surface area (Å²) in [5, 5.41) is 0. The molecule has 0 fully saturated rings. The molecular weight excluding hydrogens is 244 g/mol. The van der Waals surface area contributed by atoms with Crippen LogP contribution in [0, 0.1) is 26.2 Å². The molecule has 14 heavy (non-hydrogen) atoms. The van der Waals surface area contributed by atoms with E-state index in [1.54, 1.807) is 11.5 Å². The highest BCUT2D eigenvalue weighted by molar-refractivity contribution is 9.10. The lowest BCUT2D eigenvalue weighted by molar-refractivity contribution is 0.636. The topological polar surface area (TPSA) is 34.9 Å². The maximum Gasteiger partial charge on any atom is 0.348 e. The van der Waals surface area contributed by atoms with Crippen LogP contribution in [0.3, 0.4) is 0 Å². The maximum atomic E-state index is 11.5. The summed E-state index contributed by atoms with van der Waals surface area (Å²) in [6.07, 6.45) is 5.69. The summed E-state index contributed by atoms with van der Waals surface area (Å²) in [4.78, 5) is 15.4. The molecule has 0 aliphatic rings. The lowest BCUT2D eigenvalue weighted by Gasteiger charge is -2.10. The van der Waals surface area contributed by atoms with Gasteiger partial charge in [-0.25, -0.2) is 4.79 Å². The molecule has 0 atom stereocenters. The molecule has 0 saturated heterocycles. The van der Waals surface area contributed by atoms with Gasteiger partial charge in [-0.2, -0.15) is 4.98 Å². The second-order valence-electron chi connectivity index (χ2n) is 2.98. The Labute approximate surface area is 91.3 Å². The highest BCUT2D eigenvalue weighted by Gasteiger charge is 2.07. The average Bonchev–Trinajstić information content (AvgIpc) is 2.14. The summed E-state index contributed by atoms with van der Waals surface area (Å²) in [7, 11) is 0. The maximum absolute atomic E-state index is 11.5. The Morgan fingerprint density at radius 3 is 2.79 bits per heavy atom. The van der Waals surface area contributed by atoms with Crippen molar-refractivity contribution in [1.29, 1.82) is 0 Å². The van der Waals surface area contributed by atoms with E-state index in [0.717, 1.165) is 10.2 Å². The van der Waals surface area contributed by atoms with E-state index in [1.165, 1.54) is 0 Å². The molecule has 1 aromatic heterocycles. The Balaban J connectivity index is 3.24. The minimum atomic E-state index is -0.238. The fraction of sp³-hybridized carbons (Fsp3) is 0.400. The molecule has 0 N–H and O–H groups in total. The predicted molar refractivity (Wildman–Crippen MR) is 59.1 cm³/mol. The molecule has 0 radical (unpaired) electrons. The fourth-order valence-electron chi connectivity index (χ4n) is 1.22. The van der Waals surface area contributed by atoms with Crippen molar-refractivity contribution in [2.24, 2.45) is 0 Å². The zero-order chi connectivity index (χ0) is 10.7. The first kappa shape index (κ1) is 11.0. The van der Waals surface area contributed by atoms with Crippen molar-refractivity contribution in [3.63, 3.8) is 0 Å². The molecule has 0 aromatic carbocycles. The molecule has 3 nitrogen and oxygen atoms in total. The lowest BCUT2D eigenvalue weighted by Crippen LogP contribution is -2.26. The van der Waals surface area contributed by atoms with Crippen LogP contribution in [0.4, 0.5) is 0 Å². The number of hydrogen-bond donors (Lipinski definition) is 0. The Hall–Kier alpha value is -1.08. The van der Waals surface area contributed by atoms with Crippen LogP contribution in [-0.2, 0) is 6.54 Å². The zero-order valence-electron chi connectivity index (χ0n) is 8.17. The van der Waals surface area contributed by atoms with Gasteiger partial charge in [0, 0.05) is 18.7 Å². The third-order valence-electron chi connectivity index (χ3n) is 2.01. The molecular formula is C10H11BrN2O. The molecule has 0 aliphatic heterocycles. The number of aryl methyl sites for hydroxylation is 1. The highest BCUT2D eigenvalue weighted by atomic mass is 79.9. The van der Waals surface area contributed by atoms with Gasteiger partial charge in [0.15, 0.2) is 0 Å². The largest absolute Gasteiger partial charge is 0.348 e. The minimum absolute atomic E-state index is 0.238. The molecule has 0 aliphatic carbocycles. The first-order valence-corrected chi connectivity index (χ1v) is 5.04. The number of hydrogen-bond acceptors (Lipinski definition) is 2. The van der Waals surface area contributed by atoms with Crippen molar-refractivity contribution in [2.75, 3.05) is 0 Å². The SMILES string of the molecule is C#CCCn1c(C)c(Br)c(C)nc1=O. The molecule has 0 saturated carbocycles. The summed E-state index contributed by atoms with van der Waals surface area (Å²) in [6.45, 7) is 4.19. The van der Waals surface area contributed by atoms with Gasteiger partial charge in [0.2, 0.25) is 0 Å². The number of rotatable bonds is 2. The van der Waals surface area contributed by atoms with Crippen molar-refractivity contribution in [1.82, 2.24) is 9.55 Å². The quantitative estimate of drug-likeness (QED) is 0.753. The van der Waals surface area contributed by atoms with Gasteiger partial charge >= 0.3 is 5.69 Å². The molecule has 0 unspecified atom stereocenters. The van der Waals surface area contributed by atoms with E-state index in [-0.39, 0.29) is 5.69 Å². The number of aromatic nitrogens is 2. The van der Waals surface area contributed by atoms with Crippen LogP contribution >= 0.6 is 15.9 Å². The molecule has 0 spiro atoms. The molecule has 74 valence electrons. The Morgan fingerprint density at radius 1 is 1.57 bits per heavy atom. The van der Waals surface area contributed by atoms with E-state index in [4.69, 9.17) is 6.42 Å². The van der Waals surface area contributed by atoms with Crippen LogP contribution in [0.2, 0.25) is 0 Å². The van der Waals surface area contributed by atoms with Crippen molar-refractivity contribution >= 4 is 15.9 Å². The van der Waals surface area contributed by atoms with E-state index in [1.807, 2.05) is 6.92 Å². The zero-order valence-corrected chi connectivity index (χ0v) is 9.76. The molecule has 1 heterocycles. The Bertz CT molecular complexity index is 443. The Kier molecular flexibility index (Phi) is 3.48. The van der Waals surface area contributed by atoms with Gasteiger partial charge in [0.25, 0.3) is 0 Å². The molecule has 4 heteroatoms. The van der Waals surface area contributed by atoms with Crippen molar-refractivity contribution < 1.29 is 0 Å². The summed E-state index contributed by atoms with van der Waals surface area (Å²) in [6, 6.07) is 0. The van der Waals surface area contributed by atoms with Crippen LogP contribution in [0.15, 0.2) is 9.27 Å². The van der Waals surface area contributed by atoms with Crippen LogP contribution in [0.1, 0.15) is 17.8 Å². The van der Waals surface area contributed by atoms with E-state index in [2.05, 4.69) is 26.8 Å². The van der Waals surface area contributed by atoms with Gasteiger partial charge < -0.3 is 0 Å². The third-order valence-corrected chi connectivity index (χ3v) is 3.16. The molecule has 1 rings (SSSR count). The van der Waals surface area contributed by atoms with Gasteiger partial charge in [-0.1, -0.05) is 0 Å². The van der Waals surface area contributed by atoms with Gasteiger partial charge in [0.1, 0.15) is 0 Å². The minimum Gasteiger partial charge on any atom is -0.294 e. The van der Waals surface area contributed by atoms with E-state index >= 15 is 0 Å². The number of nitrogens with zero attached hydrogens (tertiary/aromatic N) is 2. The van der Waals surface area contributed by atoms with Crippen LogP contribution < -0.4 is 5.69 Å². The van der Waals surface area contributed by atoms with Gasteiger partial charge in [-0.05, 0) is 29.8 Å². The van der Waals surface area contributed by atoms with E-state index < -0.39 is 0 Å². The monoisotopic (exact) mass is 254 g/mol. The second kappa shape index (κ2) is 4.43. The van der Waals surface area contributed by atoms with Crippen LogP contribution in [0.25, 0.3) is 0 Å². The van der Waals surface area contributed by atoms with Crippen LogP contribution in [-0.4, -0.2) is 9.55 Å². The lowest BCUT2D eigenvalue weighted by atomic mass is 10.3. The average molecular weight is 255 g/mol. The first-order valence-electron chi connectivity index (χ1n) is 4.25. The standard InChI is InChI=1S/C10H11BrN2O/c1-4-5-6-13-8(3)9(11)7(2)12-10(13)14/h1H,5-6H2,2-3H3. The fourth-order valence-corrected chi connectivity index (χ4v) is 1.52. The highest BCUT2D eigenvalue weighted by Crippen LogP contribution is 2.16. The van der Waals surface area contributed by atoms with Gasteiger partial charge in [-0.3, -0.25) is 4.57 Å². The van der Waals surface area contributed by atoms with Crippen molar-refractivity contribution in [3.8, 4) is 12.3 Å². The van der Waals surface area contributed by atoms with E-state index in [9.17, 15) is 4.79 Å². The molecule has 0 bridgehead atoms.